The molecule has 6 nitrogen and oxygen atoms in total. The van der Waals surface area contributed by atoms with Crippen LogP contribution < -0.4 is 9.82 Å². The van der Waals surface area contributed by atoms with Crippen molar-refractivity contribution in [3.63, 3.8) is 0 Å². The van der Waals surface area contributed by atoms with Gasteiger partial charge in [-0.1, -0.05) is 64.2 Å². The van der Waals surface area contributed by atoms with Crippen LogP contribution in [-0.2, 0) is 0 Å². The Kier molecular flexibility index (Phi) is 11.2. The Morgan fingerprint density at radius 3 is 0.944 bits per heavy atom. The van der Waals surface area contributed by atoms with Crippen LogP contribution in [0.15, 0.2) is 0 Å². The molecular formula is C12H26N6+2. The van der Waals surface area contributed by atoms with E-state index in [9.17, 15) is 0 Å². The molecule has 2 fully saturated rings. The van der Waals surface area contributed by atoms with E-state index < -0.39 is 0 Å². The van der Waals surface area contributed by atoms with Gasteiger partial charge in [0.2, 0.25) is 9.82 Å². The van der Waals surface area contributed by atoms with Crippen molar-refractivity contribution < 1.29 is 0 Å². The van der Waals surface area contributed by atoms with Crippen LogP contribution in [0.1, 0.15) is 64.2 Å². The van der Waals surface area contributed by atoms with Crippen LogP contribution in [0.5, 0.6) is 0 Å². The number of nitrogens with one attached hydrogen (secondary N) is 4. The Hall–Kier alpha value is -1.38. The van der Waals surface area contributed by atoms with Crippen LogP contribution in [0.4, 0.5) is 0 Å². The predicted octanol–water partition coefficient (Wildman–Crippen LogP) is 4.38. The molecule has 0 bridgehead atoms. The molecule has 0 saturated heterocycles. The summed E-state index contributed by atoms with van der Waals surface area (Å²) in [6.07, 6.45) is 15.4. The van der Waals surface area contributed by atoms with Crippen molar-refractivity contribution in [2.75, 3.05) is 0 Å². The molecule has 102 valence electrons. The first-order valence-electron chi connectivity index (χ1n) is 6.86. The minimum Gasteiger partial charge on any atom is -0.0533 e. The van der Waals surface area contributed by atoms with Crippen molar-refractivity contribution in [1.29, 1.82) is 22.1 Å². The van der Waals surface area contributed by atoms with Crippen LogP contribution in [0, 0.1) is 34.0 Å². The van der Waals surface area contributed by atoms with Crippen molar-refractivity contribution in [3.8, 4) is 0 Å². The minimum atomic E-state index is 1.14. The summed E-state index contributed by atoms with van der Waals surface area (Å²) < 4.78 is 0. The lowest BCUT2D eigenvalue weighted by Crippen LogP contribution is -2.20. The van der Waals surface area contributed by atoms with E-state index in [1.807, 2.05) is 9.82 Å². The maximum Gasteiger partial charge on any atom is 0.211 e. The summed E-state index contributed by atoms with van der Waals surface area (Å²) in [5.74, 6) is 2.28. The first-order chi connectivity index (χ1) is 8.79. The van der Waals surface area contributed by atoms with Crippen molar-refractivity contribution in [1.82, 2.24) is 9.82 Å². The van der Waals surface area contributed by atoms with Crippen molar-refractivity contribution in [3.05, 3.63) is 0 Å². The zero-order valence-corrected chi connectivity index (χ0v) is 11.1. The summed E-state index contributed by atoms with van der Waals surface area (Å²) in [6.45, 7) is 0. The summed E-state index contributed by atoms with van der Waals surface area (Å²) in [5, 5.41) is 0. The van der Waals surface area contributed by atoms with Crippen LogP contribution in [0.25, 0.3) is 0 Å². The molecule has 0 spiro atoms. The van der Waals surface area contributed by atoms with Gasteiger partial charge in [0, 0.05) is 0 Å². The Labute approximate surface area is 109 Å². The second kappa shape index (κ2) is 12.1. The monoisotopic (exact) mass is 254 g/mol. The molecule has 0 atom stereocenters. The third-order valence-electron chi connectivity index (χ3n) is 3.97. The van der Waals surface area contributed by atoms with Gasteiger partial charge < -0.3 is 0 Å². The molecule has 0 aromatic carbocycles. The molecule has 0 amide bonds. The number of nitrogens with zero attached hydrogens (tertiary/aromatic N) is 2. The highest BCUT2D eigenvalue weighted by molar-refractivity contribution is 4.76. The predicted molar refractivity (Wildman–Crippen MR) is 68.3 cm³/mol. The third-order valence-corrected chi connectivity index (χ3v) is 3.97. The Balaban J connectivity index is 0.000000414. The summed E-state index contributed by atoms with van der Waals surface area (Å²) in [5.41, 5.74) is 22.0. The molecule has 4 N–H and O–H groups in total. The highest BCUT2D eigenvalue weighted by Gasteiger charge is 2.24. The molecule has 0 unspecified atom stereocenters. The first-order valence-corrected chi connectivity index (χ1v) is 6.86. The fraction of sp³-hybridized carbons (Fsp3) is 1.00. The maximum absolute atomic E-state index is 5.50. The lowest BCUT2D eigenvalue weighted by atomic mass is 9.73. The molecule has 0 aliphatic heterocycles. The topological polar surface area (TPSA) is 124 Å². The summed E-state index contributed by atoms with van der Waals surface area (Å²) in [6, 6.07) is 0. The van der Waals surface area contributed by atoms with E-state index in [1.165, 1.54) is 38.5 Å². The van der Waals surface area contributed by atoms with Crippen LogP contribution in [0.3, 0.4) is 0 Å². The maximum atomic E-state index is 5.50. The van der Waals surface area contributed by atoms with Crippen molar-refractivity contribution in [2.45, 2.75) is 64.2 Å². The van der Waals surface area contributed by atoms with Crippen molar-refractivity contribution in [2.24, 2.45) is 11.8 Å². The second-order valence-corrected chi connectivity index (χ2v) is 5.02. The van der Waals surface area contributed by atoms with Crippen LogP contribution in [0.2, 0.25) is 0 Å². The quantitative estimate of drug-likeness (QED) is 0.392. The zero-order chi connectivity index (χ0) is 13.6. The fourth-order valence-corrected chi connectivity index (χ4v) is 3.21. The van der Waals surface area contributed by atoms with E-state index in [0.717, 1.165) is 11.8 Å². The van der Waals surface area contributed by atoms with Gasteiger partial charge in [-0.15, -0.1) is 0 Å². The first kappa shape index (κ1) is 16.6. The molecule has 0 aromatic heterocycles. The minimum absolute atomic E-state index is 1.14. The van der Waals surface area contributed by atoms with Gasteiger partial charge in [0.1, 0.15) is 22.1 Å². The standard InChI is InChI=1S/C12H22.2H2N3/c1-3-7-11(8-4-1)12-9-5-2-6-10-12;2*1-3-2/h11-12H,1-10H2;2*1-2H/q;2*+1. The van der Waals surface area contributed by atoms with E-state index in [1.54, 1.807) is 25.7 Å². The summed E-state index contributed by atoms with van der Waals surface area (Å²) in [7, 11) is 0. The molecule has 0 aromatic rings. The highest BCUT2D eigenvalue weighted by atomic mass is 15.0. The fourth-order valence-electron chi connectivity index (χ4n) is 3.21. The SMILES string of the molecule is C1CCC(C2CCCCC2)CC1.N=[N+]=N.N=[N+]=N. The Morgan fingerprint density at radius 2 is 0.722 bits per heavy atom. The average molecular weight is 254 g/mol. The lowest BCUT2D eigenvalue weighted by Gasteiger charge is -2.32. The average Bonchev–Trinajstić information content (AvgIpc) is 2.43. The Morgan fingerprint density at radius 1 is 0.500 bits per heavy atom. The molecule has 2 aliphatic rings. The molecule has 18 heavy (non-hydrogen) atoms. The smallest absolute Gasteiger partial charge is 0.0533 e. The van der Waals surface area contributed by atoms with Crippen LogP contribution in [-0.4, -0.2) is 0 Å². The number of rotatable bonds is 1. The Bertz CT molecular complexity index is 226. The third kappa shape index (κ3) is 7.82. The van der Waals surface area contributed by atoms with Gasteiger partial charge >= 0.3 is 0 Å². The van der Waals surface area contributed by atoms with Gasteiger partial charge in [0.25, 0.3) is 0 Å². The molecule has 0 heterocycles. The van der Waals surface area contributed by atoms with E-state index in [0.29, 0.717) is 0 Å². The normalized spacial score (nSPS) is 20.2. The van der Waals surface area contributed by atoms with Gasteiger partial charge in [-0.05, 0) is 11.8 Å². The molecule has 2 aliphatic carbocycles. The molecular weight excluding hydrogens is 228 g/mol. The number of hydrogen-bond donors (Lipinski definition) is 4. The van der Waals surface area contributed by atoms with Gasteiger partial charge in [-0.25, -0.2) is 0 Å². The molecule has 0 radical (unpaired) electrons. The largest absolute Gasteiger partial charge is 0.211 e. The molecule has 2 saturated carbocycles. The molecule has 6 heteroatoms. The van der Waals surface area contributed by atoms with Gasteiger partial charge in [0.15, 0.2) is 0 Å². The highest BCUT2D eigenvalue weighted by Crippen LogP contribution is 2.37. The summed E-state index contributed by atoms with van der Waals surface area (Å²) in [4.78, 5) is 4.00. The lowest BCUT2D eigenvalue weighted by molar-refractivity contribution is 0.196. The van der Waals surface area contributed by atoms with E-state index in [4.69, 9.17) is 22.1 Å². The van der Waals surface area contributed by atoms with Gasteiger partial charge in [-0.3, -0.25) is 0 Å². The van der Waals surface area contributed by atoms with E-state index >= 15 is 0 Å². The van der Waals surface area contributed by atoms with Gasteiger partial charge in [0.05, 0.1) is 0 Å². The van der Waals surface area contributed by atoms with Crippen LogP contribution >= 0.6 is 0 Å². The number of hydrogen-bond acceptors (Lipinski definition) is 4. The van der Waals surface area contributed by atoms with E-state index in [-0.39, 0.29) is 0 Å². The van der Waals surface area contributed by atoms with Crippen molar-refractivity contribution >= 4 is 0 Å². The molecule has 2 rings (SSSR count). The van der Waals surface area contributed by atoms with Gasteiger partial charge in [-0.2, -0.15) is 0 Å². The summed E-state index contributed by atoms with van der Waals surface area (Å²) >= 11 is 0. The second-order valence-electron chi connectivity index (χ2n) is 5.02. The zero-order valence-electron chi connectivity index (χ0n) is 11.1. The van der Waals surface area contributed by atoms with E-state index in [2.05, 4.69) is 0 Å².